The molecule has 0 radical (unpaired) electrons. The lowest BCUT2D eigenvalue weighted by atomic mass is 10.1. The van der Waals surface area contributed by atoms with E-state index in [9.17, 15) is 4.79 Å². The van der Waals surface area contributed by atoms with Crippen LogP contribution in [-0.2, 0) is 4.79 Å². The standard InChI is InChI=1S/C13H24N2OS/c1-15(11-6-4-2-3-5-7-11)13(16)12-10-17-9-8-14-12/h11-12,14H,2-10H2,1H3. The number of rotatable bonds is 2. The first-order valence-corrected chi connectivity index (χ1v) is 8.02. The lowest BCUT2D eigenvalue weighted by Gasteiger charge is -2.32. The Morgan fingerprint density at radius 3 is 2.53 bits per heavy atom. The third kappa shape index (κ3) is 3.62. The number of hydrogen-bond donors (Lipinski definition) is 1. The Labute approximate surface area is 109 Å². The van der Waals surface area contributed by atoms with Gasteiger partial charge in [0.1, 0.15) is 0 Å². The van der Waals surface area contributed by atoms with Crippen molar-refractivity contribution in [2.75, 3.05) is 25.1 Å². The molecule has 1 aliphatic heterocycles. The second-order valence-electron chi connectivity index (χ2n) is 5.18. The van der Waals surface area contributed by atoms with Gasteiger partial charge in [-0.25, -0.2) is 0 Å². The van der Waals surface area contributed by atoms with Crippen molar-refractivity contribution in [3.05, 3.63) is 0 Å². The van der Waals surface area contributed by atoms with Crippen molar-refractivity contribution in [3.8, 4) is 0 Å². The summed E-state index contributed by atoms with van der Waals surface area (Å²) in [4.78, 5) is 14.4. The van der Waals surface area contributed by atoms with Crippen molar-refractivity contribution in [2.45, 2.75) is 50.6 Å². The Balaban J connectivity index is 1.88. The minimum Gasteiger partial charge on any atom is -0.341 e. The molecule has 0 aromatic carbocycles. The quantitative estimate of drug-likeness (QED) is 0.766. The predicted octanol–water partition coefficient (Wildman–Crippen LogP) is 1.87. The molecule has 17 heavy (non-hydrogen) atoms. The smallest absolute Gasteiger partial charge is 0.240 e. The van der Waals surface area contributed by atoms with Crippen LogP contribution in [0.5, 0.6) is 0 Å². The fourth-order valence-electron chi connectivity index (χ4n) is 2.79. The molecule has 0 spiro atoms. The minimum atomic E-state index is 0.0574. The van der Waals surface area contributed by atoms with E-state index in [2.05, 4.69) is 5.32 Å². The van der Waals surface area contributed by atoms with E-state index in [1.165, 1.54) is 38.5 Å². The van der Waals surface area contributed by atoms with E-state index >= 15 is 0 Å². The molecule has 1 saturated heterocycles. The fraction of sp³-hybridized carbons (Fsp3) is 0.923. The van der Waals surface area contributed by atoms with Gasteiger partial charge in [0.25, 0.3) is 0 Å². The van der Waals surface area contributed by atoms with Gasteiger partial charge in [-0.15, -0.1) is 0 Å². The minimum absolute atomic E-state index is 0.0574. The number of hydrogen-bond acceptors (Lipinski definition) is 3. The lowest BCUT2D eigenvalue weighted by molar-refractivity contribution is -0.133. The van der Waals surface area contributed by atoms with Gasteiger partial charge in [0, 0.05) is 31.1 Å². The zero-order valence-corrected chi connectivity index (χ0v) is 11.6. The van der Waals surface area contributed by atoms with Crippen LogP contribution < -0.4 is 5.32 Å². The molecule has 1 saturated carbocycles. The molecule has 98 valence electrons. The largest absolute Gasteiger partial charge is 0.341 e. The first kappa shape index (κ1) is 13.2. The summed E-state index contributed by atoms with van der Waals surface area (Å²) in [6.07, 6.45) is 7.65. The normalized spacial score (nSPS) is 27.5. The van der Waals surface area contributed by atoms with Gasteiger partial charge in [0.2, 0.25) is 5.91 Å². The lowest BCUT2D eigenvalue weighted by Crippen LogP contribution is -2.52. The van der Waals surface area contributed by atoms with E-state index in [0.717, 1.165) is 18.1 Å². The van der Waals surface area contributed by atoms with Crippen LogP contribution in [0.25, 0.3) is 0 Å². The Bertz CT molecular complexity index is 246. The van der Waals surface area contributed by atoms with Crippen molar-refractivity contribution >= 4 is 17.7 Å². The summed E-state index contributed by atoms with van der Waals surface area (Å²) < 4.78 is 0. The summed E-state index contributed by atoms with van der Waals surface area (Å²) >= 11 is 1.89. The molecule has 1 unspecified atom stereocenters. The summed E-state index contributed by atoms with van der Waals surface area (Å²) in [5, 5.41) is 3.34. The third-order valence-electron chi connectivity index (χ3n) is 3.94. The number of carbonyl (C=O) groups excluding carboxylic acids is 1. The molecule has 1 amide bonds. The van der Waals surface area contributed by atoms with Crippen molar-refractivity contribution < 1.29 is 4.79 Å². The zero-order valence-electron chi connectivity index (χ0n) is 10.8. The Morgan fingerprint density at radius 1 is 1.24 bits per heavy atom. The topological polar surface area (TPSA) is 32.3 Å². The molecule has 2 aliphatic rings. The number of likely N-dealkylation sites (N-methyl/N-ethyl adjacent to an activating group) is 1. The molecule has 1 heterocycles. The van der Waals surface area contributed by atoms with Crippen LogP contribution >= 0.6 is 11.8 Å². The van der Waals surface area contributed by atoms with Crippen LogP contribution in [0.3, 0.4) is 0 Å². The fourth-order valence-corrected chi connectivity index (χ4v) is 3.72. The number of nitrogens with zero attached hydrogens (tertiary/aromatic N) is 1. The Kier molecular flexibility index (Phi) is 5.16. The Hall–Kier alpha value is -0.220. The molecule has 2 fully saturated rings. The molecular weight excluding hydrogens is 232 g/mol. The highest BCUT2D eigenvalue weighted by molar-refractivity contribution is 7.99. The predicted molar refractivity (Wildman–Crippen MR) is 73.4 cm³/mol. The maximum atomic E-state index is 12.4. The average molecular weight is 256 g/mol. The second kappa shape index (κ2) is 6.64. The van der Waals surface area contributed by atoms with Crippen molar-refractivity contribution in [3.63, 3.8) is 0 Å². The van der Waals surface area contributed by atoms with Gasteiger partial charge in [0.05, 0.1) is 6.04 Å². The number of carbonyl (C=O) groups is 1. The van der Waals surface area contributed by atoms with Gasteiger partial charge in [-0.3, -0.25) is 4.79 Å². The third-order valence-corrected chi connectivity index (χ3v) is 5.00. The molecule has 2 rings (SSSR count). The van der Waals surface area contributed by atoms with E-state index in [0.29, 0.717) is 11.9 Å². The van der Waals surface area contributed by atoms with E-state index < -0.39 is 0 Å². The van der Waals surface area contributed by atoms with E-state index in [1.54, 1.807) is 0 Å². The van der Waals surface area contributed by atoms with Crippen LogP contribution in [-0.4, -0.2) is 48.0 Å². The molecule has 1 N–H and O–H groups in total. The van der Waals surface area contributed by atoms with Crippen LogP contribution in [0, 0.1) is 0 Å². The first-order valence-electron chi connectivity index (χ1n) is 6.87. The SMILES string of the molecule is CN(C(=O)C1CSCCN1)C1CCCCCC1. The highest BCUT2D eigenvalue weighted by Gasteiger charge is 2.28. The maximum Gasteiger partial charge on any atom is 0.240 e. The molecule has 0 bridgehead atoms. The van der Waals surface area contributed by atoms with Gasteiger partial charge in [-0.1, -0.05) is 25.7 Å². The van der Waals surface area contributed by atoms with Gasteiger partial charge in [-0.05, 0) is 12.8 Å². The van der Waals surface area contributed by atoms with E-state index in [-0.39, 0.29) is 6.04 Å². The van der Waals surface area contributed by atoms with Gasteiger partial charge in [0.15, 0.2) is 0 Å². The molecular formula is C13H24N2OS. The maximum absolute atomic E-state index is 12.4. The Morgan fingerprint density at radius 2 is 1.94 bits per heavy atom. The number of amides is 1. The summed E-state index contributed by atoms with van der Waals surface area (Å²) in [5.74, 6) is 2.39. The summed E-state index contributed by atoms with van der Waals surface area (Å²) in [5.41, 5.74) is 0. The van der Waals surface area contributed by atoms with Crippen molar-refractivity contribution in [2.24, 2.45) is 0 Å². The molecule has 3 nitrogen and oxygen atoms in total. The van der Waals surface area contributed by atoms with Crippen LogP contribution in [0.15, 0.2) is 0 Å². The summed E-state index contributed by atoms with van der Waals surface area (Å²) in [6.45, 7) is 0.972. The molecule has 0 aromatic heterocycles. The van der Waals surface area contributed by atoms with Gasteiger partial charge in [-0.2, -0.15) is 11.8 Å². The van der Waals surface area contributed by atoms with Crippen LogP contribution in [0.2, 0.25) is 0 Å². The van der Waals surface area contributed by atoms with Gasteiger partial charge >= 0.3 is 0 Å². The molecule has 0 aromatic rings. The molecule has 1 aliphatic carbocycles. The van der Waals surface area contributed by atoms with E-state index in [1.807, 2.05) is 23.7 Å². The zero-order chi connectivity index (χ0) is 12.1. The summed E-state index contributed by atoms with van der Waals surface area (Å²) in [7, 11) is 2.00. The van der Waals surface area contributed by atoms with Gasteiger partial charge < -0.3 is 10.2 Å². The van der Waals surface area contributed by atoms with Crippen LogP contribution in [0.4, 0.5) is 0 Å². The highest BCUT2D eigenvalue weighted by atomic mass is 32.2. The summed E-state index contributed by atoms with van der Waals surface area (Å²) in [6, 6.07) is 0.542. The molecule has 4 heteroatoms. The van der Waals surface area contributed by atoms with Crippen molar-refractivity contribution in [1.29, 1.82) is 0 Å². The monoisotopic (exact) mass is 256 g/mol. The number of nitrogens with one attached hydrogen (secondary N) is 1. The van der Waals surface area contributed by atoms with Crippen molar-refractivity contribution in [1.82, 2.24) is 10.2 Å². The van der Waals surface area contributed by atoms with Crippen LogP contribution in [0.1, 0.15) is 38.5 Å². The average Bonchev–Trinajstić information content (AvgIpc) is 2.67. The molecule has 1 atom stereocenters. The second-order valence-corrected chi connectivity index (χ2v) is 6.33. The number of thioether (sulfide) groups is 1. The first-order chi connectivity index (χ1) is 8.29. The highest BCUT2D eigenvalue weighted by Crippen LogP contribution is 2.22. The van der Waals surface area contributed by atoms with E-state index in [4.69, 9.17) is 0 Å².